The van der Waals surface area contributed by atoms with Crippen LogP contribution in [0.2, 0.25) is 0 Å². The lowest BCUT2D eigenvalue weighted by atomic mass is 9.87. The van der Waals surface area contributed by atoms with E-state index in [1.807, 2.05) is 0 Å². The Morgan fingerprint density at radius 1 is 0.939 bits per heavy atom. The second-order valence-corrected chi connectivity index (χ2v) is 7.94. The number of aliphatic hydroxyl groups is 1. The van der Waals surface area contributed by atoms with Crippen LogP contribution in [0.4, 0.5) is 26.3 Å². The molecule has 4 nitrogen and oxygen atoms in total. The van der Waals surface area contributed by atoms with Crippen LogP contribution in [0, 0.1) is 5.92 Å². The van der Waals surface area contributed by atoms with Gasteiger partial charge in [-0.2, -0.15) is 26.3 Å². The van der Waals surface area contributed by atoms with E-state index in [0.717, 1.165) is 48.5 Å². The van der Waals surface area contributed by atoms with Gasteiger partial charge in [-0.3, -0.25) is 9.59 Å². The van der Waals surface area contributed by atoms with E-state index < -0.39 is 53.4 Å². The van der Waals surface area contributed by atoms with Crippen molar-refractivity contribution in [1.82, 2.24) is 0 Å². The number of esters is 1. The first-order valence-electron chi connectivity index (χ1n) is 10.1. The number of halogens is 6. The fourth-order valence-electron chi connectivity index (χ4n) is 3.73. The molecule has 0 aromatic heterocycles. The van der Waals surface area contributed by atoms with Crippen molar-refractivity contribution in [2.24, 2.45) is 5.92 Å². The number of aliphatic hydroxyl groups excluding tert-OH is 1. The monoisotopic (exact) mass is 474 g/mol. The molecule has 0 radical (unpaired) electrons. The Morgan fingerprint density at radius 3 is 1.97 bits per heavy atom. The molecule has 3 atom stereocenters. The van der Waals surface area contributed by atoms with Gasteiger partial charge in [0.05, 0.1) is 11.1 Å². The molecule has 33 heavy (non-hydrogen) atoms. The average molecular weight is 474 g/mol. The summed E-state index contributed by atoms with van der Waals surface area (Å²) >= 11 is 0. The molecule has 10 heteroatoms. The Kier molecular flexibility index (Phi) is 7.16. The van der Waals surface area contributed by atoms with Gasteiger partial charge in [-0.05, 0) is 48.6 Å². The number of hydrogen-bond acceptors (Lipinski definition) is 4. The smallest absolute Gasteiger partial charge is 0.416 e. The highest BCUT2D eigenvalue weighted by Gasteiger charge is 2.34. The standard InChI is InChI=1S/C23H20F6O4/c24-22(25,26)16-6-2-14(3-7-16)18(30)11-13-1-10-20(31)33-19(12-13)21(32)15-4-8-17(9-5-15)23(27,28)29/h2-9,13,19,21,32H,1,10-12H2/t13-,19-,21-/m1/s1. The average Bonchev–Trinajstić information content (AvgIpc) is 2.93. The van der Waals surface area contributed by atoms with Crippen LogP contribution in [-0.4, -0.2) is 23.0 Å². The first kappa shape index (κ1) is 24.8. The molecule has 2 aromatic carbocycles. The minimum Gasteiger partial charge on any atom is -0.459 e. The molecule has 2 aromatic rings. The second kappa shape index (κ2) is 9.54. The second-order valence-electron chi connectivity index (χ2n) is 7.94. The Balaban J connectivity index is 1.70. The van der Waals surface area contributed by atoms with Crippen molar-refractivity contribution in [3.8, 4) is 0 Å². The third kappa shape index (κ3) is 6.34. The number of hydrogen-bond donors (Lipinski definition) is 1. The predicted molar refractivity (Wildman–Crippen MR) is 104 cm³/mol. The van der Waals surface area contributed by atoms with E-state index in [4.69, 9.17) is 4.74 Å². The van der Waals surface area contributed by atoms with E-state index in [0.29, 0.717) is 0 Å². The number of benzene rings is 2. The molecule has 0 bridgehead atoms. The summed E-state index contributed by atoms with van der Waals surface area (Å²) in [5, 5.41) is 10.6. The molecule has 0 aliphatic carbocycles. The molecular formula is C23H20F6O4. The van der Waals surface area contributed by atoms with Crippen LogP contribution in [-0.2, 0) is 21.9 Å². The maximum Gasteiger partial charge on any atom is 0.416 e. The molecule has 0 unspecified atom stereocenters. The highest BCUT2D eigenvalue weighted by Crippen LogP contribution is 2.34. The van der Waals surface area contributed by atoms with Gasteiger partial charge in [0.15, 0.2) is 5.78 Å². The van der Waals surface area contributed by atoms with Gasteiger partial charge < -0.3 is 9.84 Å². The van der Waals surface area contributed by atoms with Gasteiger partial charge >= 0.3 is 18.3 Å². The maximum absolute atomic E-state index is 12.8. The normalized spacial score (nSPS) is 20.6. The summed E-state index contributed by atoms with van der Waals surface area (Å²) in [6, 6.07) is 7.58. The molecule has 1 aliphatic rings. The minimum atomic E-state index is -4.54. The van der Waals surface area contributed by atoms with Gasteiger partial charge in [0.2, 0.25) is 0 Å². The van der Waals surface area contributed by atoms with Gasteiger partial charge in [0.1, 0.15) is 12.2 Å². The molecule has 3 rings (SSSR count). The number of rotatable bonds is 5. The van der Waals surface area contributed by atoms with E-state index in [9.17, 15) is 41.0 Å². The Bertz CT molecular complexity index is 980. The van der Waals surface area contributed by atoms with Crippen molar-refractivity contribution in [2.75, 3.05) is 0 Å². The number of ketones is 1. The maximum atomic E-state index is 12.8. The fourth-order valence-corrected chi connectivity index (χ4v) is 3.73. The van der Waals surface area contributed by atoms with E-state index in [-0.39, 0.29) is 36.8 Å². The first-order chi connectivity index (χ1) is 15.3. The zero-order valence-electron chi connectivity index (χ0n) is 17.1. The molecule has 1 fully saturated rings. The summed E-state index contributed by atoms with van der Waals surface area (Å²) in [6.45, 7) is 0. The Morgan fingerprint density at radius 2 is 1.45 bits per heavy atom. The van der Waals surface area contributed by atoms with Crippen molar-refractivity contribution in [1.29, 1.82) is 0 Å². The van der Waals surface area contributed by atoms with Gasteiger partial charge in [0, 0.05) is 18.4 Å². The largest absolute Gasteiger partial charge is 0.459 e. The predicted octanol–water partition coefficient (Wildman–Crippen LogP) is 5.74. The van der Waals surface area contributed by atoms with Crippen LogP contribution in [0.5, 0.6) is 0 Å². The number of alkyl halides is 6. The third-order valence-corrected chi connectivity index (χ3v) is 5.55. The highest BCUT2D eigenvalue weighted by atomic mass is 19.4. The van der Waals surface area contributed by atoms with Crippen LogP contribution in [0.1, 0.15) is 58.8 Å². The summed E-state index contributed by atoms with van der Waals surface area (Å²) < 4.78 is 81.6. The van der Waals surface area contributed by atoms with Crippen molar-refractivity contribution in [3.63, 3.8) is 0 Å². The zero-order chi connectivity index (χ0) is 24.4. The molecule has 0 saturated carbocycles. The lowest BCUT2D eigenvalue weighted by Gasteiger charge is -2.24. The van der Waals surface area contributed by atoms with Crippen molar-refractivity contribution in [3.05, 3.63) is 70.8 Å². The van der Waals surface area contributed by atoms with Gasteiger partial charge in [-0.25, -0.2) is 0 Å². The summed E-state index contributed by atoms with van der Waals surface area (Å²) in [7, 11) is 0. The van der Waals surface area contributed by atoms with E-state index >= 15 is 0 Å². The Labute approximate surface area is 185 Å². The first-order valence-corrected chi connectivity index (χ1v) is 10.1. The summed E-state index contributed by atoms with van der Waals surface area (Å²) in [5.74, 6) is -1.46. The fraction of sp³-hybridized carbons (Fsp3) is 0.391. The molecule has 1 saturated heterocycles. The zero-order valence-corrected chi connectivity index (χ0v) is 17.1. The van der Waals surface area contributed by atoms with Gasteiger partial charge in [-0.1, -0.05) is 24.3 Å². The molecule has 178 valence electrons. The van der Waals surface area contributed by atoms with Gasteiger partial charge in [-0.15, -0.1) is 0 Å². The molecule has 0 spiro atoms. The minimum absolute atomic E-state index is 0.0266. The number of carbonyl (C=O) groups excluding carboxylic acids is 2. The number of Topliss-reactive ketones (excluding diaryl/α,β-unsaturated/α-hetero) is 1. The molecule has 0 amide bonds. The lowest BCUT2D eigenvalue weighted by Crippen LogP contribution is -2.26. The molecule has 1 N–H and O–H groups in total. The summed E-state index contributed by atoms with van der Waals surface area (Å²) in [5.41, 5.74) is -1.57. The van der Waals surface area contributed by atoms with Gasteiger partial charge in [0.25, 0.3) is 0 Å². The van der Waals surface area contributed by atoms with E-state index in [2.05, 4.69) is 0 Å². The molecule has 1 heterocycles. The Hall–Kier alpha value is -2.88. The molecular weight excluding hydrogens is 454 g/mol. The van der Waals surface area contributed by atoms with E-state index in [1.54, 1.807) is 0 Å². The van der Waals surface area contributed by atoms with Crippen molar-refractivity contribution >= 4 is 11.8 Å². The van der Waals surface area contributed by atoms with Crippen LogP contribution in [0.3, 0.4) is 0 Å². The SMILES string of the molecule is O=C1CC[C@H](CC(=O)c2ccc(C(F)(F)F)cc2)C[C@H]([C@H](O)c2ccc(C(F)(F)F)cc2)O1. The highest BCUT2D eigenvalue weighted by molar-refractivity contribution is 5.96. The third-order valence-electron chi connectivity index (χ3n) is 5.55. The van der Waals surface area contributed by atoms with Crippen LogP contribution in [0.15, 0.2) is 48.5 Å². The topological polar surface area (TPSA) is 63.6 Å². The number of carbonyl (C=O) groups is 2. The van der Waals surface area contributed by atoms with Crippen molar-refractivity contribution < 1.29 is 45.8 Å². The molecule has 1 aliphatic heterocycles. The van der Waals surface area contributed by atoms with Crippen LogP contribution >= 0.6 is 0 Å². The quantitative estimate of drug-likeness (QED) is 0.341. The van der Waals surface area contributed by atoms with Crippen LogP contribution in [0.25, 0.3) is 0 Å². The number of cyclic esters (lactones) is 1. The number of ether oxygens (including phenoxy) is 1. The lowest BCUT2D eigenvalue weighted by molar-refractivity contribution is -0.154. The summed E-state index contributed by atoms with van der Waals surface area (Å²) in [4.78, 5) is 24.5. The summed E-state index contributed by atoms with van der Waals surface area (Å²) in [6.07, 6.45) is -11.3. The van der Waals surface area contributed by atoms with E-state index in [1.165, 1.54) is 0 Å². The van der Waals surface area contributed by atoms with Crippen molar-refractivity contribution in [2.45, 2.75) is 50.2 Å². The van der Waals surface area contributed by atoms with Crippen LogP contribution < -0.4 is 0 Å².